The fourth-order valence-electron chi connectivity index (χ4n) is 5.62. The smallest absolute Gasteiger partial charge is 0.327 e. The fraction of sp³-hybridized carbons (Fsp3) is 0.462. The molecule has 34 heavy (non-hydrogen) atoms. The SMILES string of the molecule is C[SiH](C)ONN1CCC(C(=O)OCC2c3ccccc3-c3ccccc32)[C@]1(C(=O)O)C(C)(C)C. The number of hydrazine groups is 1. The molecule has 0 amide bonds. The lowest BCUT2D eigenvalue weighted by atomic mass is 9.67. The van der Waals surface area contributed by atoms with Gasteiger partial charge in [-0.05, 0) is 47.2 Å². The van der Waals surface area contributed by atoms with Gasteiger partial charge in [0.2, 0.25) is 9.04 Å². The molecule has 0 aromatic heterocycles. The average molecular weight is 483 g/mol. The Bertz CT molecular complexity index is 1040. The highest BCUT2D eigenvalue weighted by Crippen LogP contribution is 2.48. The number of hydrogen-bond acceptors (Lipinski definition) is 6. The number of carboxylic acid groups (broad SMARTS) is 1. The van der Waals surface area contributed by atoms with Gasteiger partial charge in [0.05, 0.1) is 5.92 Å². The summed E-state index contributed by atoms with van der Waals surface area (Å²) in [6.07, 6.45) is 0.371. The number of nitrogens with one attached hydrogen (secondary N) is 1. The minimum absolute atomic E-state index is 0.0730. The van der Waals surface area contributed by atoms with Gasteiger partial charge in [0.25, 0.3) is 0 Å². The van der Waals surface area contributed by atoms with Crippen molar-refractivity contribution in [1.29, 1.82) is 0 Å². The average Bonchev–Trinajstić information content (AvgIpc) is 3.33. The van der Waals surface area contributed by atoms with E-state index in [2.05, 4.69) is 29.9 Å². The number of rotatable bonds is 7. The van der Waals surface area contributed by atoms with E-state index in [1.54, 1.807) is 5.01 Å². The number of benzene rings is 2. The summed E-state index contributed by atoms with van der Waals surface area (Å²) < 4.78 is 11.6. The molecule has 0 spiro atoms. The maximum atomic E-state index is 13.5. The number of ether oxygens (including phenoxy) is 1. The predicted molar refractivity (Wildman–Crippen MR) is 132 cm³/mol. The lowest BCUT2D eigenvalue weighted by molar-refractivity contribution is -0.184. The van der Waals surface area contributed by atoms with Crippen LogP contribution in [-0.2, 0) is 18.9 Å². The maximum absolute atomic E-state index is 13.5. The lowest BCUT2D eigenvalue weighted by Gasteiger charge is -2.46. The molecular weight excluding hydrogens is 448 g/mol. The molecule has 1 unspecified atom stereocenters. The van der Waals surface area contributed by atoms with E-state index in [0.29, 0.717) is 13.0 Å². The molecule has 2 aliphatic rings. The van der Waals surface area contributed by atoms with Gasteiger partial charge in [-0.2, -0.15) is 0 Å². The zero-order valence-corrected chi connectivity index (χ0v) is 21.7. The van der Waals surface area contributed by atoms with E-state index in [1.807, 2.05) is 58.1 Å². The van der Waals surface area contributed by atoms with Crippen molar-refractivity contribution in [3.8, 4) is 11.1 Å². The molecule has 4 rings (SSSR count). The number of aliphatic carboxylic acids is 1. The zero-order valence-electron chi connectivity index (χ0n) is 20.5. The van der Waals surface area contributed by atoms with E-state index in [-0.39, 0.29) is 12.5 Å². The summed E-state index contributed by atoms with van der Waals surface area (Å²) in [7, 11) is -1.47. The summed E-state index contributed by atoms with van der Waals surface area (Å²) in [6, 6.07) is 16.3. The van der Waals surface area contributed by atoms with E-state index in [1.165, 1.54) is 0 Å². The van der Waals surface area contributed by atoms with Gasteiger partial charge < -0.3 is 14.4 Å². The zero-order chi connectivity index (χ0) is 24.7. The van der Waals surface area contributed by atoms with Crippen LogP contribution in [0.5, 0.6) is 0 Å². The summed E-state index contributed by atoms with van der Waals surface area (Å²) in [4.78, 5) is 26.3. The summed E-state index contributed by atoms with van der Waals surface area (Å²) >= 11 is 0. The molecule has 0 saturated carbocycles. The van der Waals surface area contributed by atoms with E-state index in [9.17, 15) is 14.7 Å². The molecule has 7 nitrogen and oxygen atoms in total. The molecule has 2 N–H and O–H groups in total. The van der Waals surface area contributed by atoms with Crippen molar-refractivity contribution >= 4 is 21.0 Å². The second kappa shape index (κ2) is 9.26. The first-order valence-corrected chi connectivity index (χ1v) is 14.6. The maximum Gasteiger partial charge on any atom is 0.327 e. The Labute approximate surface area is 202 Å². The van der Waals surface area contributed by atoms with Crippen molar-refractivity contribution in [2.24, 2.45) is 11.3 Å². The van der Waals surface area contributed by atoms with Crippen LogP contribution >= 0.6 is 0 Å². The number of esters is 1. The van der Waals surface area contributed by atoms with Crippen molar-refractivity contribution in [2.45, 2.75) is 51.7 Å². The highest BCUT2D eigenvalue weighted by atomic mass is 28.3. The summed E-state index contributed by atoms with van der Waals surface area (Å²) in [6.45, 7) is 10.1. The van der Waals surface area contributed by atoms with Crippen molar-refractivity contribution in [2.75, 3.05) is 13.2 Å². The Balaban J connectivity index is 1.60. The molecule has 8 heteroatoms. The Morgan fingerprint density at radius 2 is 1.65 bits per heavy atom. The number of carbonyl (C=O) groups is 2. The van der Waals surface area contributed by atoms with Crippen LogP contribution in [-0.4, -0.2) is 49.8 Å². The standard InChI is InChI=1S/C26H34N2O5Si/c1-25(2,3)26(24(30)31)22(14-15-28(26)27-33-34(4)5)23(29)32-16-21-19-12-8-6-10-17(19)18-11-7-9-13-20(18)21/h6-13,21-22,27,34H,14-16H2,1-5H3,(H,30,31)/t22?,26-/m0/s1. The second-order valence-electron chi connectivity index (χ2n) is 10.4. The monoisotopic (exact) mass is 482 g/mol. The number of nitrogens with zero attached hydrogens (tertiary/aromatic N) is 1. The summed E-state index contributed by atoms with van der Waals surface area (Å²) in [5, 5.41) is 12.1. The van der Waals surface area contributed by atoms with Crippen molar-refractivity contribution < 1.29 is 24.0 Å². The van der Waals surface area contributed by atoms with Crippen LogP contribution in [0.3, 0.4) is 0 Å². The van der Waals surface area contributed by atoms with Crippen LogP contribution < -0.4 is 5.59 Å². The Hall–Kier alpha value is -2.52. The van der Waals surface area contributed by atoms with E-state index >= 15 is 0 Å². The predicted octanol–water partition coefficient (Wildman–Crippen LogP) is 3.95. The highest BCUT2D eigenvalue weighted by molar-refractivity contribution is 6.48. The number of carbonyl (C=O) groups excluding carboxylic acids is 1. The molecule has 2 aromatic carbocycles. The van der Waals surface area contributed by atoms with Crippen LogP contribution in [0.25, 0.3) is 11.1 Å². The van der Waals surface area contributed by atoms with Gasteiger partial charge in [-0.15, -0.1) is 5.59 Å². The van der Waals surface area contributed by atoms with Gasteiger partial charge in [0.15, 0.2) is 5.54 Å². The third-order valence-corrected chi connectivity index (χ3v) is 7.66. The molecule has 1 saturated heterocycles. The van der Waals surface area contributed by atoms with Crippen molar-refractivity contribution in [1.82, 2.24) is 10.6 Å². The van der Waals surface area contributed by atoms with Crippen molar-refractivity contribution in [3.63, 3.8) is 0 Å². The normalized spacial score (nSPS) is 22.6. The molecule has 0 bridgehead atoms. The molecule has 1 aliphatic carbocycles. The Kier molecular flexibility index (Phi) is 6.70. The number of hydrogen-bond donors (Lipinski definition) is 2. The van der Waals surface area contributed by atoms with Gasteiger partial charge in [-0.1, -0.05) is 69.3 Å². The molecular formula is C26H34N2O5Si. The first-order chi connectivity index (χ1) is 16.1. The minimum atomic E-state index is -1.50. The summed E-state index contributed by atoms with van der Waals surface area (Å²) in [5.74, 6) is -2.44. The van der Waals surface area contributed by atoms with E-state index in [0.717, 1.165) is 22.3 Å². The highest BCUT2D eigenvalue weighted by Gasteiger charge is 2.65. The Morgan fingerprint density at radius 3 is 2.15 bits per heavy atom. The summed E-state index contributed by atoms with van der Waals surface area (Å²) in [5.41, 5.74) is 5.17. The van der Waals surface area contributed by atoms with Gasteiger partial charge in [-0.25, -0.2) is 5.01 Å². The fourth-order valence-corrected chi connectivity index (χ4v) is 5.96. The third kappa shape index (κ3) is 3.98. The third-order valence-electron chi connectivity index (χ3n) is 7.08. The van der Waals surface area contributed by atoms with Crippen LogP contribution in [0.15, 0.2) is 48.5 Å². The molecule has 1 aliphatic heterocycles. The topological polar surface area (TPSA) is 88.1 Å². The minimum Gasteiger partial charge on any atom is -0.480 e. The largest absolute Gasteiger partial charge is 0.480 e. The Morgan fingerprint density at radius 1 is 1.09 bits per heavy atom. The first kappa shape index (κ1) is 24.6. The molecule has 2 aromatic rings. The molecule has 1 heterocycles. The van der Waals surface area contributed by atoms with Gasteiger partial charge >= 0.3 is 11.9 Å². The van der Waals surface area contributed by atoms with E-state index < -0.39 is 37.9 Å². The second-order valence-corrected chi connectivity index (χ2v) is 12.8. The van der Waals surface area contributed by atoms with Crippen LogP contribution in [0, 0.1) is 11.3 Å². The van der Waals surface area contributed by atoms with Crippen LogP contribution in [0.4, 0.5) is 0 Å². The molecule has 2 atom stereocenters. The molecule has 1 fully saturated rings. The quantitative estimate of drug-likeness (QED) is 0.351. The number of carboxylic acids is 1. The number of fused-ring (bicyclic) bond motifs is 3. The van der Waals surface area contributed by atoms with Gasteiger partial charge in [0, 0.05) is 12.5 Å². The van der Waals surface area contributed by atoms with Gasteiger partial charge in [-0.3, -0.25) is 9.59 Å². The first-order valence-electron chi connectivity index (χ1n) is 11.9. The molecule has 182 valence electrons. The lowest BCUT2D eigenvalue weighted by Crippen LogP contribution is -2.67. The van der Waals surface area contributed by atoms with Crippen LogP contribution in [0.2, 0.25) is 13.1 Å². The van der Waals surface area contributed by atoms with Crippen LogP contribution in [0.1, 0.15) is 44.2 Å². The van der Waals surface area contributed by atoms with Crippen molar-refractivity contribution in [3.05, 3.63) is 59.7 Å². The van der Waals surface area contributed by atoms with Gasteiger partial charge in [0.1, 0.15) is 6.61 Å². The molecule has 0 radical (unpaired) electrons. The van der Waals surface area contributed by atoms with E-state index in [4.69, 9.17) is 9.26 Å².